The molecule has 0 fully saturated rings. The van der Waals surface area contributed by atoms with Gasteiger partial charge in [0.15, 0.2) is 5.65 Å². The highest BCUT2D eigenvalue weighted by Gasteiger charge is 2.08. The summed E-state index contributed by atoms with van der Waals surface area (Å²) < 4.78 is 5.34. The van der Waals surface area contributed by atoms with Crippen LogP contribution in [0.2, 0.25) is 0 Å². The van der Waals surface area contributed by atoms with Gasteiger partial charge in [-0.1, -0.05) is 18.2 Å². The van der Waals surface area contributed by atoms with Crippen LogP contribution in [-0.4, -0.2) is 27.3 Å². The maximum Gasteiger partial charge on any atom is 0.159 e. The zero-order valence-corrected chi connectivity index (χ0v) is 11.1. The SMILES string of the molecule is COc1ccccc1CSc1ncnc2[nH]ncc12. The minimum atomic E-state index is 0.762. The molecule has 0 unspecified atom stereocenters. The molecular weight excluding hydrogens is 260 g/mol. The van der Waals surface area contributed by atoms with Crippen LogP contribution in [0.1, 0.15) is 5.56 Å². The van der Waals surface area contributed by atoms with Gasteiger partial charge >= 0.3 is 0 Å². The Morgan fingerprint density at radius 1 is 1.26 bits per heavy atom. The topological polar surface area (TPSA) is 63.7 Å². The number of para-hydroxylation sites is 1. The molecule has 96 valence electrons. The predicted octanol–water partition coefficient (Wildman–Crippen LogP) is 2.65. The molecule has 2 heterocycles. The van der Waals surface area contributed by atoms with E-state index < -0.39 is 0 Å². The molecule has 6 heteroatoms. The number of aromatic amines is 1. The molecule has 0 amide bonds. The van der Waals surface area contributed by atoms with Crippen molar-refractivity contribution in [2.24, 2.45) is 0 Å². The van der Waals surface area contributed by atoms with Gasteiger partial charge in [0.1, 0.15) is 17.1 Å². The third kappa shape index (κ3) is 2.39. The Kier molecular flexibility index (Phi) is 3.33. The quantitative estimate of drug-likeness (QED) is 0.584. The fraction of sp³-hybridized carbons (Fsp3) is 0.154. The first-order chi connectivity index (χ1) is 9.38. The van der Waals surface area contributed by atoms with Crippen molar-refractivity contribution in [2.45, 2.75) is 10.8 Å². The molecule has 0 atom stereocenters. The van der Waals surface area contributed by atoms with Gasteiger partial charge in [-0.15, -0.1) is 11.8 Å². The molecule has 2 aromatic heterocycles. The van der Waals surface area contributed by atoms with E-state index in [2.05, 4.69) is 26.2 Å². The number of nitrogens with one attached hydrogen (secondary N) is 1. The first-order valence-electron chi connectivity index (χ1n) is 5.77. The maximum absolute atomic E-state index is 5.34. The van der Waals surface area contributed by atoms with Gasteiger partial charge in [-0.25, -0.2) is 9.97 Å². The van der Waals surface area contributed by atoms with Crippen LogP contribution in [0.15, 0.2) is 41.8 Å². The molecule has 1 aromatic carbocycles. The highest BCUT2D eigenvalue weighted by molar-refractivity contribution is 7.98. The van der Waals surface area contributed by atoms with Crippen LogP contribution in [0.4, 0.5) is 0 Å². The number of fused-ring (bicyclic) bond motifs is 1. The largest absolute Gasteiger partial charge is 0.496 e. The molecule has 0 bridgehead atoms. The molecule has 0 saturated heterocycles. The summed E-state index contributed by atoms with van der Waals surface area (Å²) >= 11 is 1.65. The lowest BCUT2D eigenvalue weighted by molar-refractivity contribution is 0.411. The van der Waals surface area contributed by atoms with E-state index in [0.29, 0.717) is 0 Å². The molecule has 0 aliphatic heterocycles. The summed E-state index contributed by atoms with van der Waals surface area (Å²) in [6.07, 6.45) is 3.30. The van der Waals surface area contributed by atoms with Crippen molar-refractivity contribution in [3.05, 3.63) is 42.4 Å². The Morgan fingerprint density at radius 2 is 2.16 bits per heavy atom. The van der Waals surface area contributed by atoms with E-state index in [9.17, 15) is 0 Å². The molecule has 0 radical (unpaired) electrons. The van der Waals surface area contributed by atoms with Crippen LogP contribution in [-0.2, 0) is 5.75 Å². The van der Waals surface area contributed by atoms with Crippen LogP contribution >= 0.6 is 11.8 Å². The number of thioether (sulfide) groups is 1. The van der Waals surface area contributed by atoms with E-state index in [4.69, 9.17) is 4.74 Å². The highest BCUT2D eigenvalue weighted by Crippen LogP contribution is 2.29. The second kappa shape index (κ2) is 5.27. The lowest BCUT2D eigenvalue weighted by atomic mass is 10.2. The number of methoxy groups -OCH3 is 1. The summed E-state index contributed by atoms with van der Waals surface area (Å²) in [6, 6.07) is 7.99. The first-order valence-corrected chi connectivity index (χ1v) is 6.76. The van der Waals surface area contributed by atoms with Crippen LogP contribution in [0, 0.1) is 0 Å². The second-order valence-electron chi connectivity index (χ2n) is 3.91. The van der Waals surface area contributed by atoms with Gasteiger partial charge in [-0.2, -0.15) is 5.10 Å². The van der Waals surface area contributed by atoms with Gasteiger partial charge in [0, 0.05) is 11.3 Å². The number of aromatic nitrogens is 4. The van der Waals surface area contributed by atoms with E-state index in [0.717, 1.165) is 33.1 Å². The van der Waals surface area contributed by atoms with Crippen LogP contribution in [0.3, 0.4) is 0 Å². The van der Waals surface area contributed by atoms with Gasteiger partial charge in [-0.05, 0) is 6.07 Å². The van der Waals surface area contributed by atoms with Crippen molar-refractivity contribution < 1.29 is 4.74 Å². The van der Waals surface area contributed by atoms with Crippen LogP contribution in [0.25, 0.3) is 11.0 Å². The van der Waals surface area contributed by atoms with Crippen LogP contribution < -0.4 is 4.74 Å². The lowest BCUT2D eigenvalue weighted by Crippen LogP contribution is -1.91. The van der Waals surface area contributed by atoms with Crippen molar-refractivity contribution in [1.29, 1.82) is 0 Å². The van der Waals surface area contributed by atoms with Crippen molar-refractivity contribution in [3.63, 3.8) is 0 Å². The Bertz CT molecular complexity index is 698. The van der Waals surface area contributed by atoms with Gasteiger partial charge < -0.3 is 4.74 Å². The van der Waals surface area contributed by atoms with Crippen molar-refractivity contribution in [1.82, 2.24) is 20.2 Å². The Morgan fingerprint density at radius 3 is 3.05 bits per heavy atom. The molecular formula is C13H12N4OS. The first kappa shape index (κ1) is 12.0. The summed E-state index contributed by atoms with van der Waals surface area (Å²) in [5, 5.41) is 8.69. The fourth-order valence-corrected chi connectivity index (χ4v) is 2.78. The number of rotatable bonds is 4. The van der Waals surface area contributed by atoms with Crippen LogP contribution in [0.5, 0.6) is 5.75 Å². The molecule has 3 aromatic rings. The average molecular weight is 272 g/mol. The number of H-pyrrole nitrogens is 1. The minimum Gasteiger partial charge on any atom is -0.496 e. The summed E-state index contributed by atoms with van der Waals surface area (Å²) in [6.45, 7) is 0. The van der Waals surface area contributed by atoms with Gasteiger partial charge in [0.25, 0.3) is 0 Å². The van der Waals surface area contributed by atoms with Crippen molar-refractivity contribution in [2.75, 3.05) is 7.11 Å². The molecule has 3 rings (SSSR count). The average Bonchev–Trinajstić information content (AvgIpc) is 2.94. The molecule has 0 aliphatic carbocycles. The molecule has 5 nitrogen and oxygen atoms in total. The zero-order valence-electron chi connectivity index (χ0n) is 10.3. The number of ether oxygens (including phenoxy) is 1. The lowest BCUT2D eigenvalue weighted by Gasteiger charge is -2.07. The van der Waals surface area contributed by atoms with E-state index in [-0.39, 0.29) is 0 Å². The summed E-state index contributed by atoms with van der Waals surface area (Å²) in [5.41, 5.74) is 1.91. The number of hydrogen-bond acceptors (Lipinski definition) is 5. The minimum absolute atomic E-state index is 0.762. The smallest absolute Gasteiger partial charge is 0.159 e. The summed E-state index contributed by atoms with van der Waals surface area (Å²) in [7, 11) is 1.68. The van der Waals surface area contributed by atoms with Gasteiger partial charge in [0.2, 0.25) is 0 Å². The Balaban J connectivity index is 1.84. The molecule has 0 spiro atoms. The number of hydrogen-bond donors (Lipinski definition) is 1. The fourth-order valence-electron chi connectivity index (χ4n) is 1.83. The predicted molar refractivity (Wildman–Crippen MR) is 74.2 cm³/mol. The molecule has 0 saturated carbocycles. The molecule has 1 N–H and O–H groups in total. The van der Waals surface area contributed by atoms with Crippen molar-refractivity contribution in [3.8, 4) is 5.75 Å². The van der Waals surface area contributed by atoms with E-state index in [1.54, 1.807) is 31.4 Å². The monoisotopic (exact) mass is 272 g/mol. The van der Waals surface area contributed by atoms with Gasteiger partial charge in [-0.3, -0.25) is 5.10 Å². The van der Waals surface area contributed by atoms with Gasteiger partial charge in [0.05, 0.1) is 18.7 Å². The third-order valence-corrected chi connectivity index (χ3v) is 3.82. The molecule has 0 aliphatic rings. The Hall–Kier alpha value is -2.08. The number of nitrogens with zero attached hydrogens (tertiary/aromatic N) is 3. The maximum atomic E-state index is 5.34. The standard InChI is InChI=1S/C13H12N4OS/c1-18-11-5-3-2-4-9(11)7-19-13-10-6-16-17-12(10)14-8-15-13/h2-6,8H,7H2,1H3,(H,14,15,16,17). The van der Waals surface area contributed by atoms with E-state index in [1.807, 2.05) is 18.2 Å². The third-order valence-electron chi connectivity index (χ3n) is 2.77. The summed E-state index contributed by atoms with van der Waals surface area (Å²) in [4.78, 5) is 8.42. The number of benzene rings is 1. The normalized spacial score (nSPS) is 10.8. The second-order valence-corrected chi connectivity index (χ2v) is 4.88. The highest BCUT2D eigenvalue weighted by atomic mass is 32.2. The van der Waals surface area contributed by atoms with Crippen molar-refractivity contribution >= 4 is 22.8 Å². The molecule has 19 heavy (non-hydrogen) atoms. The summed E-state index contributed by atoms with van der Waals surface area (Å²) in [5.74, 6) is 1.69. The Labute approximate surface area is 114 Å². The zero-order chi connectivity index (χ0) is 13.1. The van der Waals surface area contributed by atoms with E-state index in [1.165, 1.54) is 0 Å². The van der Waals surface area contributed by atoms with E-state index >= 15 is 0 Å².